The zero-order valence-electron chi connectivity index (χ0n) is 10.5. The van der Waals surface area contributed by atoms with Crippen LogP contribution in [0.2, 0.25) is 0 Å². The number of rotatable bonds is 7. The highest BCUT2D eigenvalue weighted by Crippen LogP contribution is 2.21. The van der Waals surface area contributed by atoms with E-state index in [0.717, 1.165) is 18.4 Å². The molecule has 0 bridgehead atoms. The topological polar surface area (TPSA) is 29.3 Å². The maximum absolute atomic E-state index is 5.72. The Morgan fingerprint density at radius 1 is 1.40 bits per heavy atom. The summed E-state index contributed by atoms with van der Waals surface area (Å²) in [6.45, 7) is 9.35. The molecule has 1 fully saturated rings. The van der Waals surface area contributed by atoms with Gasteiger partial charge in [-0.1, -0.05) is 26.7 Å². The summed E-state index contributed by atoms with van der Waals surface area (Å²) >= 11 is 0. The van der Waals surface area contributed by atoms with E-state index in [1.54, 1.807) is 0 Å². The Balaban J connectivity index is 2.13. The maximum atomic E-state index is 5.72. The van der Waals surface area contributed by atoms with Crippen molar-refractivity contribution in [3.8, 4) is 0 Å². The number of nitrogens with two attached hydrogens (primary N) is 1. The Morgan fingerprint density at radius 3 is 2.80 bits per heavy atom. The lowest BCUT2D eigenvalue weighted by molar-refractivity contribution is 0.288. The third-order valence-corrected chi connectivity index (χ3v) is 3.83. The fraction of sp³-hybridized carbons (Fsp3) is 1.00. The first-order valence-corrected chi connectivity index (χ1v) is 6.72. The van der Waals surface area contributed by atoms with E-state index in [0.29, 0.717) is 0 Å². The molecule has 1 aliphatic rings. The summed E-state index contributed by atoms with van der Waals surface area (Å²) in [5, 5.41) is 0. The van der Waals surface area contributed by atoms with Crippen LogP contribution in [-0.2, 0) is 0 Å². The Labute approximate surface area is 95.2 Å². The predicted molar refractivity (Wildman–Crippen MR) is 66.9 cm³/mol. The maximum Gasteiger partial charge on any atom is 0.00101 e. The molecule has 2 N–H and O–H groups in total. The lowest BCUT2D eigenvalue weighted by atomic mass is 10.0. The molecular formula is C13H28N2. The van der Waals surface area contributed by atoms with E-state index in [1.165, 1.54) is 51.7 Å². The molecule has 1 rings (SSSR count). The molecule has 2 heteroatoms. The minimum atomic E-state index is 0.746. The van der Waals surface area contributed by atoms with E-state index in [-0.39, 0.29) is 0 Å². The summed E-state index contributed by atoms with van der Waals surface area (Å²) in [4.78, 5) is 2.64. The molecule has 1 saturated heterocycles. The minimum Gasteiger partial charge on any atom is -0.330 e. The van der Waals surface area contributed by atoms with Gasteiger partial charge >= 0.3 is 0 Å². The van der Waals surface area contributed by atoms with E-state index >= 15 is 0 Å². The van der Waals surface area contributed by atoms with Crippen molar-refractivity contribution in [2.45, 2.75) is 46.0 Å². The van der Waals surface area contributed by atoms with Crippen LogP contribution in [0.25, 0.3) is 0 Å². The van der Waals surface area contributed by atoms with Crippen LogP contribution in [0.15, 0.2) is 0 Å². The van der Waals surface area contributed by atoms with Gasteiger partial charge in [-0.05, 0) is 50.7 Å². The van der Waals surface area contributed by atoms with E-state index < -0.39 is 0 Å². The van der Waals surface area contributed by atoms with Gasteiger partial charge in [0, 0.05) is 6.54 Å². The van der Waals surface area contributed by atoms with Crippen molar-refractivity contribution in [2.75, 3.05) is 26.2 Å². The Kier molecular flexibility index (Phi) is 6.26. The van der Waals surface area contributed by atoms with E-state index in [2.05, 4.69) is 18.7 Å². The van der Waals surface area contributed by atoms with Crippen molar-refractivity contribution in [3.63, 3.8) is 0 Å². The van der Waals surface area contributed by atoms with E-state index in [4.69, 9.17) is 5.73 Å². The van der Waals surface area contributed by atoms with Crippen molar-refractivity contribution < 1.29 is 0 Å². The zero-order chi connectivity index (χ0) is 11.1. The number of hydrogen-bond acceptors (Lipinski definition) is 2. The van der Waals surface area contributed by atoms with Gasteiger partial charge in [0.25, 0.3) is 0 Å². The summed E-state index contributed by atoms with van der Waals surface area (Å²) in [6, 6.07) is 0. The van der Waals surface area contributed by atoms with Crippen LogP contribution in [0.3, 0.4) is 0 Å². The number of nitrogens with zero attached hydrogens (tertiary/aromatic N) is 1. The Morgan fingerprint density at radius 2 is 2.20 bits per heavy atom. The van der Waals surface area contributed by atoms with Gasteiger partial charge < -0.3 is 10.6 Å². The SMILES string of the molecule is CCCC1CCN(CCC(CC)CN)C1. The normalized spacial score (nSPS) is 24.6. The summed E-state index contributed by atoms with van der Waals surface area (Å²) in [5.41, 5.74) is 5.72. The molecule has 2 nitrogen and oxygen atoms in total. The molecule has 2 unspecified atom stereocenters. The molecule has 2 atom stereocenters. The minimum absolute atomic E-state index is 0.746. The lowest BCUT2D eigenvalue weighted by Crippen LogP contribution is -2.25. The summed E-state index contributed by atoms with van der Waals surface area (Å²) in [5.74, 6) is 1.73. The van der Waals surface area contributed by atoms with E-state index in [9.17, 15) is 0 Å². The van der Waals surface area contributed by atoms with Gasteiger partial charge in [0.05, 0.1) is 0 Å². The first kappa shape index (κ1) is 13.0. The second kappa shape index (κ2) is 7.24. The molecule has 0 aromatic heterocycles. The van der Waals surface area contributed by atoms with E-state index in [1.807, 2.05) is 0 Å². The Bertz CT molecular complexity index is 155. The first-order chi connectivity index (χ1) is 7.30. The van der Waals surface area contributed by atoms with Crippen molar-refractivity contribution in [1.29, 1.82) is 0 Å². The lowest BCUT2D eigenvalue weighted by Gasteiger charge is -2.19. The third-order valence-electron chi connectivity index (χ3n) is 3.83. The van der Waals surface area contributed by atoms with Crippen LogP contribution in [0.5, 0.6) is 0 Å². The Hall–Kier alpha value is -0.0800. The second-order valence-corrected chi connectivity index (χ2v) is 5.04. The quantitative estimate of drug-likeness (QED) is 0.702. The van der Waals surface area contributed by atoms with Crippen LogP contribution in [0, 0.1) is 11.8 Å². The number of likely N-dealkylation sites (tertiary alicyclic amines) is 1. The number of hydrogen-bond donors (Lipinski definition) is 1. The average molecular weight is 212 g/mol. The summed E-state index contributed by atoms with van der Waals surface area (Å²) < 4.78 is 0. The smallest absolute Gasteiger partial charge is 0.00101 e. The van der Waals surface area contributed by atoms with Crippen LogP contribution in [0.1, 0.15) is 46.0 Å². The van der Waals surface area contributed by atoms with Gasteiger partial charge in [-0.2, -0.15) is 0 Å². The zero-order valence-corrected chi connectivity index (χ0v) is 10.5. The third kappa shape index (κ3) is 4.52. The fourth-order valence-corrected chi connectivity index (χ4v) is 2.61. The van der Waals surface area contributed by atoms with Gasteiger partial charge in [0.1, 0.15) is 0 Å². The highest BCUT2D eigenvalue weighted by molar-refractivity contribution is 4.75. The van der Waals surface area contributed by atoms with Crippen molar-refractivity contribution in [3.05, 3.63) is 0 Å². The van der Waals surface area contributed by atoms with Gasteiger partial charge in [0.15, 0.2) is 0 Å². The molecule has 0 radical (unpaired) electrons. The van der Waals surface area contributed by atoms with Crippen molar-refractivity contribution >= 4 is 0 Å². The van der Waals surface area contributed by atoms with Crippen LogP contribution in [-0.4, -0.2) is 31.1 Å². The summed E-state index contributed by atoms with van der Waals surface area (Å²) in [6.07, 6.45) is 6.73. The predicted octanol–water partition coefficient (Wildman–Crippen LogP) is 2.48. The summed E-state index contributed by atoms with van der Waals surface area (Å²) in [7, 11) is 0. The molecule has 90 valence electrons. The molecule has 1 aliphatic heterocycles. The molecular weight excluding hydrogens is 184 g/mol. The molecule has 0 aromatic carbocycles. The highest BCUT2D eigenvalue weighted by Gasteiger charge is 2.21. The largest absolute Gasteiger partial charge is 0.330 e. The molecule has 0 aliphatic carbocycles. The highest BCUT2D eigenvalue weighted by atomic mass is 15.1. The van der Waals surface area contributed by atoms with Crippen molar-refractivity contribution in [1.82, 2.24) is 4.90 Å². The average Bonchev–Trinajstić information content (AvgIpc) is 2.68. The molecule has 0 spiro atoms. The van der Waals surface area contributed by atoms with Crippen molar-refractivity contribution in [2.24, 2.45) is 17.6 Å². The molecule has 15 heavy (non-hydrogen) atoms. The second-order valence-electron chi connectivity index (χ2n) is 5.04. The van der Waals surface area contributed by atoms with Gasteiger partial charge in [-0.25, -0.2) is 0 Å². The molecule has 0 saturated carbocycles. The first-order valence-electron chi connectivity index (χ1n) is 6.72. The van der Waals surface area contributed by atoms with Gasteiger partial charge in [-0.3, -0.25) is 0 Å². The molecule has 0 amide bonds. The van der Waals surface area contributed by atoms with Gasteiger partial charge in [-0.15, -0.1) is 0 Å². The fourth-order valence-electron chi connectivity index (χ4n) is 2.61. The monoisotopic (exact) mass is 212 g/mol. The van der Waals surface area contributed by atoms with Crippen LogP contribution < -0.4 is 5.73 Å². The molecule has 1 heterocycles. The van der Waals surface area contributed by atoms with Crippen LogP contribution in [0.4, 0.5) is 0 Å². The standard InChI is InChI=1S/C13H28N2/c1-3-5-13-7-9-15(11-13)8-6-12(4-2)10-14/h12-13H,3-11,14H2,1-2H3. The van der Waals surface area contributed by atoms with Gasteiger partial charge in [0.2, 0.25) is 0 Å². The molecule has 0 aromatic rings. The van der Waals surface area contributed by atoms with Crippen LogP contribution >= 0.6 is 0 Å².